The van der Waals surface area contributed by atoms with Gasteiger partial charge in [-0.1, -0.05) is 17.7 Å². The summed E-state index contributed by atoms with van der Waals surface area (Å²) in [6.07, 6.45) is 4.42. The minimum atomic E-state index is -0.712. The maximum absolute atomic E-state index is 13.8. The third-order valence-electron chi connectivity index (χ3n) is 3.32. The third kappa shape index (κ3) is 3.18. The summed E-state index contributed by atoms with van der Waals surface area (Å²) in [5.74, 6) is -1.74. The summed E-state index contributed by atoms with van der Waals surface area (Å²) in [5.41, 5.74) is 0.651. The van der Waals surface area contributed by atoms with E-state index in [1.54, 1.807) is 24.5 Å². The molecule has 0 atom stereocenters. The molecule has 1 aromatic carbocycles. The van der Waals surface area contributed by atoms with Crippen LogP contribution in [0.5, 0.6) is 0 Å². The number of carbonyl (C=O) groups excluding carboxylic acids is 2. The number of hydrogen-bond acceptors (Lipinski definition) is 3. The molecular formula is C17H11ClFN3O2. The molecule has 0 unspecified atom stereocenters. The predicted octanol–water partition coefficient (Wildman–Crippen LogP) is 3.69. The minimum Gasteiger partial charge on any atom is -0.356 e. The first-order valence-electron chi connectivity index (χ1n) is 6.95. The van der Waals surface area contributed by atoms with Crippen LogP contribution in [0.25, 0.3) is 0 Å². The molecule has 0 aliphatic carbocycles. The summed E-state index contributed by atoms with van der Waals surface area (Å²) in [6, 6.07) is 8.61. The first-order chi connectivity index (χ1) is 11.6. The molecule has 1 amide bonds. The highest BCUT2D eigenvalue weighted by Crippen LogP contribution is 2.23. The largest absolute Gasteiger partial charge is 0.356 e. The van der Waals surface area contributed by atoms with E-state index < -0.39 is 17.5 Å². The predicted molar refractivity (Wildman–Crippen MR) is 87.8 cm³/mol. The maximum Gasteiger partial charge on any atom is 0.272 e. The van der Waals surface area contributed by atoms with Gasteiger partial charge in [0.05, 0.1) is 10.6 Å². The second kappa shape index (κ2) is 6.64. The first kappa shape index (κ1) is 15.9. The van der Waals surface area contributed by atoms with Crippen molar-refractivity contribution in [3.63, 3.8) is 0 Å². The zero-order valence-electron chi connectivity index (χ0n) is 12.2. The van der Waals surface area contributed by atoms with Crippen molar-refractivity contribution in [3.05, 3.63) is 82.6 Å². The Balaban J connectivity index is 1.83. The van der Waals surface area contributed by atoms with Crippen molar-refractivity contribution in [2.75, 3.05) is 5.32 Å². The van der Waals surface area contributed by atoms with Gasteiger partial charge in [0.25, 0.3) is 5.91 Å². The van der Waals surface area contributed by atoms with Gasteiger partial charge in [-0.05, 0) is 30.3 Å². The number of benzene rings is 1. The van der Waals surface area contributed by atoms with E-state index in [0.29, 0.717) is 5.69 Å². The van der Waals surface area contributed by atoms with Crippen LogP contribution in [0.4, 0.5) is 10.1 Å². The van der Waals surface area contributed by atoms with E-state index in [1.165, 1.54) is 24.4 Å². The van der Waals surface area contributed by atoms with E-state index in [9.17, 15) is 14.0 Å². The molecule has 2 aromatic heterocycles. The lowest BCUT2D eigenvalue weighted by Gasteiger charge is -2.03. The Morgan fingerprint density at radius 2 is 1.92 bits per heavy atom. The number of rotatable bonds is 4. The number of carbonyl (C=O) groups is 2. The number of anilines is 1. The third-order valence-corrected chi connectivity index (χ3v) is 3.63. The van der Waals surface area contributed by atoms with Crippen LogP contribution < -0.4 is 5.32 Å². The van der Waals surface area contributed by atoms with Crippen LogP contribution in [0, 0.1) is 5.82 Å². The highest BCUT2D eigenvalue weighted by Gasteiger charge is 2.20. The molecule has 5 nitrogen and oxygen atoms in total. The van der Waals surface area contributed by atoms with E-state index in [4.69, 9.17) is 11.6 Å². The summed E-state index contributed by atoms with van der Waals surface area (Å²) in [7, 11) is 0. The van der Waals surface area contributed by atoms with Gasteiger partial charge in [0.2, 0.25) is 0 Å². The highest BCUT2D eigenvalue weighted by molar-refractivity contribution is 6.35. The van der Waals surface area contributed by atoms with Crippen LogP contribution in [0.15, 0.2) is 55.0 Å². The van der Waals surface area contributed by atoms with Crippen molar-refractivity contribution in [1.82, 2.24) is 9.97 Å². The lowest BCUT2D eigenvalue weighted by atomic mass is 10.1. The molecule has 0 aliphatic rings. The molecule has 0 fully saturated rings. The summed E-state index contributed by atoms with van der Waals surface area (Å²) in [5, 5.41) is 2.67. The summed E-state index contributed by atoms with van der Waals surface area (Å²) in [6.45, 7) is 0. The van der Waals surface area contributed by atoms with Gasteiger partial charge in [-0.25, -0.2) is 4.39 Å². The molecule has 0 bridgehead atoms. The van der Waals surface area contributed by atoms with Crippen LogP contribution in [-0.2, 0) is 0 Å². The molecule has 0 radical (unpaired) electrons. The Labute approximate surface area is 141 Å². The highest BCUT2D eigenvalue weighted by atomic mass is 35.5. The fourth-order valence-electron chi connectivity index (χ4n) is 2.15. The fraction of sp³-hybridized carbons (Fsp3) is 0. The summed E-state index contributed by atoms with van der Waals surface area (Å²) < 4.78 is 13.8. The smallest absolute Gasteiger partial charge is 0.272 e. The number of hydrogen-bond donors (Lipinski definition) is 2. The van der Waals surface area contributed by atoms with E-state index in [-0.39, 0.29) is 21.8 Å². The number of aromatic amines is 1. The molecular weight excluding hydrogens is 333 g/mol. The molecule has 0 aliphatic heterocycles. The fourth-order valence-corrected chi connectivity index (χ4v) is 2.40. The number of pyridine rings is 1. The molecule has 0 spiro atoms. The van der Waals surface area contributed by atoms with Gasteiger partial charge in [0.15, 0.2) is 5.78 Å². The van der Waals surface area contributed by atoms with Crippen molar-refractivity contribution >= 4 is 29.0 Å². The molecule has 7 heteroatoms. The van der Waals surface area contributed by atoms with Gasteiger partial charge in [-0.3, -0.25) is 14.6 Å². The number of H-pyrrole nitrogens is 1. The van der Waals surface area contributed by atoms with Crippen molar-refractivity contribution in [3.8, 4) is 0 Å². The van der Waals surface area contributed by atoms with Gasteiger partial charge >= 0.3 is 0 Å². The molecule has 3 aromatic rings. The second-order valence-corrected chi connectivity index (χ2v) is 5.33. The Morgan fingerprint density at radius 1 is 1.17 bits per heavy atom. The topological polar surface area (TPSA) is 74.8 Å². The molecule has 120 valence electrons. The summed E-state index contributed by atoms with van der Waals surface area (Å²) in [4.78, 5) is 31.1. The van der Waals surface area contributed by atoms with Crippen LogP contribution >= 0.6 is 11.6 Å². The average Bonchev–Trinajstić information content (AvgIpc) is 3.05. The van der Waals surface area contributed by atoms with Crippen LogP contribution in [0.3, 0.4) is 0 Å². The van der Waals surface area contributed by atoms with Gasteiger partial charge < -0.3 is 10.3 Å². The number of halogens is 2. The SMILES string of the molecule is O=C(Nc1ccncc1)c1cc(C(=O)c2c(F)cccc2Cl)c[nH]1. The average molecular weight is 344 g/mol. The summed E-state index contributed by atoms with van der Waals surface area (Å²) >= 11 is 5.89. The standard InChI is InChI=1S/C17H11ClFN3O2/c18-12-2-1-3-13(19)15(12)16(23)10-8-14(21-9-10)17(24)22-11-4-6-20-7-5-11/h1-9,21H,(H,20,22,24). The monoisotopic (exact) mass is 343 g/mol. The Kier molecular flexibility index (Phi) is 4.39. The lowest BCUT2D eigenvalue weighted by Crippen LogP contribution is -2.12. The molecule has 2 heterocycles. The van der Waals surface area contributed by atoms with Gasteiger partial charge in [0.1, 0.15) is 11.5 Å². The molecule has 0 saturated heterocycles. The number of nitrogens with zero attached hydrogens (tertiary/aromatic N) is 1. The Morgan fingerprint density at radius 3 is 2.62 bits per heavy atom. The molecule has 2 N–H and O–H groups in total. The van der Waals surface area contributed by atoms with E-state index >= 15 is 0 Å². The normalized spacial score (nSPS) is 10.4. The Hall–Kier alpha value is -2.99. The van der Waals surface area contributed by atoms with Crippen molar-refractivity contribution in [2.24, 2.45) is 0 Å². The van der Waals surface area contributed by atoms with Crippen LogP contribution in [-0.4, -0.2) is 21.7 Å². The van der Waals surface area contributed by atoms with E-state index in [1.807, 2.05) is 0 Å². The number of ketones is 1. The van der Waals surface area contributed by atoms with Gasteiger partial charge in [-0.15, -0.1) is 0 Å². The van der Waals surface area contributed by atoms with E-state index in [0.717, 1.165) is 6.07 Å². The lowest BCUT2D eigenvalue weighted by molar-refractivity contribution is 0.102. The van der Waals surface area contributed by atoms with E-state index in [2.05, 4.69) is 15.3 Å². The van der Waals surface area contributed by atoms with Crippen LogP contribution in [0.1, 0.15) is 26.4 Å². The zero-order valence-corrected chi connectivity index (χ0v) is 13.0. The quantitative estimate of drug-likeness (QED) is 0.709. The minimum absolute atomic E-state index is 0.0176. The molecule has 24 heavy (non-hydrogen) atoms. The van der Waals surface area contributed by atoms with Gasteiger partial charge in [0, 0.05) is 29.8 Å². The van der Waals surface area contributed by atoms with Crippen LogP contribution in [0.2, 0.25) is 5.02 Å². The van der Waals surface area contributed by atoms with Crippen molar-refractivity contribution in [2.45, 2.75) is 0 Å². The second-order valence-electron chi connectivity index (χ2n) is 4.92. The molecule has 0 saturated carbocycles. The molecule has 3 rings (SSSR count). The number of aromatic nitrogens is 2. The van der Waals surface area contributed by atoms with Crippen molar-refractivity contribution < 1.29 is 14.0 Å². The van der Waals surface area contributed by atoms with Gasteiger partial charge in [-0.2, -0.15) is 0 Å². The number of nitrogens with one attached hydrogen (secondary N) is 2. The Bertz CT molecular complexity index is 889. The first-order valence-corrected chi connectivity index (χ1v) is 7.32. The zero-order chi connectivity index (χ0) is 17.1. The number of amides is 1. The van der Waals surface area contributed by atoms with Crippen molar-refractivity contribution in [1.29, 1.82) is 0 Å². The maximum atomic E-state index is 13.8.